The molecule has 1 unspecified atom stereocenters. The second kappa shape index (κ2) is 5.71. The molecule has 0 radical (unpaired) electrons. The third-order valence-corrected chi connectivity index (χ3v) is 2.95. The zero-order valence-electron chi connectivity index (χ0n) is 11.2. The predicted molar refractivity (Wildman–Crippen MR) is 76.8 cm³/mol. The van der Waals surface area contributed by atoms with Gasteiger partial charge in [-0.15, -0.1) is 0 Å². The number of hydrogen-bond donors (Lipinski definition) is 3. The second-order valence-corrected chi connectivity index (χ2v) is 4.57. The maximum atomic E-state index is 10.8. The number of anilines is 1. The number of carbonyl (C=O) groups is 1. The standard InChI is InChI=1S/C13H14N4O4/c1-7-4-11(15-6-12(18)13(14)19)9-5-8(17(20)21)2-3-10(9)16-7/h2-5,12,18H,6H2,1H3,(H2,14,19)(H,15,16). The van der Waals surface area contributed by atoms with Gasteiger partial charge in [0.1, 0.15) is 6.10 Å². The van der Waals surface area contributed by atoms with Crippen LogP contribution in [0.3, 0.4) is 0 Å². The molecule has 21 heavy (non-hydrogen) atoms. The number of nitrogens with zero attached hydrogens (tertiary/aromatic N) is 2. The molecule has 1 amide bonds. The number of aromatic nitrogens is 1. The number of pyridine rings is 1. The van der Waals surface area contributed by atoms with Gasteiger partial charge in [-0.05, 0) is 19.1 Å². The number of nitro groups is 1. The Labute approximate surface area is 119 Å². The molecule has 0 fully saturated rings. The van der Waals surface area contributed by atoms with Crippen molar-refractivity contribution in [2.24, 2.45) is 5.73 Å². The first-order valence-electron chi connectivity index (χ1n) is 6.15. The van der Waals surface area contributed by atoms with Crippen LogP contribution in [0.1, 0.15) is 5.69 Å². The number of hydrogen-bond acceptors (Lipinski definition) is 6. The van der Waals surface area contributed by atoms with Crippen LogP contribution in [0.15, 0.2) is 24.3 Å². The van der Waals surface area contributed by atoms with E-state index in [0.29, 0.717) is 22.3 Å². The molecule has 2 aromatic rings. The van der Waals surface area contributed by atoms with Crippen molar-refractivity contribution in [1.29, 1.82) is 0 Å². The summed E-state index contributed by atoms with van der Waals surface area (Å²) in [5, 5.41) is 23.6. The van der Waals surface area contributed by atoms with E-state index in [1.807, 2.05) is 0 Å². The molecule has 8 heteroatoms. The molecule has 110 valence electrons. The van der Waals surface area contributed by atoms with Gasteiger partial charge in [0, 0.05) is 35.4 Å². The van der Waals surface area contributed by atoms with Crippen molar-refractivity contribution in [2.45, 2.75) is 13.0 Å². The lowest BCUT2D eigenvalue weighted by atomic mass is 10.1. The van der Waals surface area contributed by atoms with Crippen molar-refractivity contribution in [3.8, 4) is 0 Å². The molecule has 1 aromatic carbocycles. The van der Waals surface area contributed by atoms with Crippen LogP contribution in [0.4, 0.5) is 11.4 Å². The number of aryl methyl sites for hydroxylation is 1. The largest absolute Gasteiger partial charge is 0.381 e. The molecule has 0 saturated heterocycles. The fraction of sp³-hybridized carbons (Fsp3) is 0.231. The lowest BCUT2D eigenvalue weighted by Gasteiger charge is -2.12. The van der Waals surface area contributed by atoms with Crippen LogP contribution in [-0.2, 0) is 4.79 Å². The molecule has 1 heterocycles. The number of rotatable bonds is 5. The second-order valence-electron chi connectivity index (χ2n) is 4.57. The molecule has 1 aromatic heterocycles. The zero-order valence-corrected chi connectivity index (χ0v) is 11.2. The molecule has 1 atom stereocenters. The number of benzene rings is 1. The monoisotopic (exact) mass is 290 g/mol. The highest BCUT2D eigenvalue weighted by Crippen LogP contribution is 2.27. The highest BCUT2D eigenvalue weighted by molar-refractivity contribution is 5.93. The van der Waals surface area contributed by atoms with Gasteiger partial charge in [-0.25, -0.2) is 0 Å². The molecule has 8 nitrogen and oxygen atoms in total. The maximum Gasteiger partial charge on any atom is 0.270 e. The van der Waals surface area contributed by atoms with Crippen LogP contribution in [0.2, 0.25) is 0 Å². The summed E-state index contributed by atoms with van der Waals surface area (Å²) in [5.74, 6) is -0.844. The minimum atomic E-state index is -1.34. The number of amides is 1. The maximum absolute atomic E-state index is 10.8. The summed E-state index contributed by atoms with van der Waals surface area (Å²) in [5.41, 5.74) is 6.74. The van der Waals surface area contributed by atoms with Crippen molar-refractivity contribution in [2.75, 3.05) is 11.9 Å². The van der Waals surface area contributed by atoms with Crippen LogP contribution in [0, 0.1) is 17.0 Å². The Hall–Kier alpha value is -2.74. The smallest absolute Gasteiger partial charge is 0.270 e. The lowest BCUT2D eigenvalue weighted by molar-refractivity contribution is -0.384. The summed E-state index contributed by atoms with van der Waals surface area (Å²) in [6.45, 7) is 1.69. The summed E-state index contributed by atoms with van der Waals surface area (Å²) in [7, 11) is 0. The molecular weight excluding hydrogens is 276 g/mol. The molecule has 0 spiro atoms. The minimum absolute atomic E-state index is 0.0633. The predicted octanol–water partition coefficient (Wildman–Crippen LogP) is 0.710. The SMILES string of the molecule is Cc1cc(NCC(O)C(N)=O)c2cc([N+](=O)[O-])ccc2n1. The number of fused-ring (bicyclic) bond motifs is 1. The topological polar surface area (TPSA) is 131 Å². The summed E-state index contributed by atoms with van der Waals surface area (Å²) >= 11 is 0. The first-order chi connectivity index (χ1) is 9.88. The average Bonchev–Trinajstić information content (AvgIpc) is 2.43. The van der Waals surface area contributed by atoms with Gasteiger partial charge in [-0.1, -0.05) is 0 Å². The minimum Gasteiger partial charge on any atom is -0.381 e. The number of non-ortho nitro benzene ring substituents is 1. The van der Waals surface area contributed by atoms with E-state index in [-0.39, 0.29) is 12.2 Å². The molecule has 0 bridgehead atoms. The third-order valence-electron chi connectivity index (χ3n) is 2.95. The molecule has 0 aliphatic carbocycles. The van der Waals surface area contributed by atoms with Gasteiger partial charge >= 0.3 is 0 Å². The number of aliphatic hydroxyl groups is 1. The van der Waals surface area contributed by atoms with Crippen molar-refractivity contribution in [3.05, 3.63) is 40.1 Å². The van der Waals surface area contributed by atoms with Gasteiger partial charge in [0.15, 0.2) is 0 Å². The van der Waals surface area contributed by atoms with Crippen LogP contribution in [0.5, 0.6) is 0 Å². The van der Waals surface area contributed by atoms with Crippen LogP contribution in [-0.4, -0.2) is 33.6 Å². The zero-order chi connectivity index (χ0) is 15.6. The van der Waals surface area contributed by atoms with E-state index in [4.69, 9.17) is 5.73 Å². The lowest BCUT2D eigenvalue weighted by Crippen LogP contribution is -2.34. The van der Waals surface area contributed by atoms with Crippen molar-refractivity contribution >= 4 is 28.2 Å². The van der Waals surface area contributed by atoms with Gasteiger partial charge in [0.05, 0.1) is 10.4 Å². The summed E-state index contributed by atoms with van der Waals surface area (Å²) < 4.78 is 0. The van der Waals surface area contributed by atoms with Crippen molar-refractivity contribution < 1.29 is 14.8 Å². The molecular formula is C13H14N4O4. The molecule has 2 rings (SSSR count). The molecule has 0 saturated carbocycles. The first-order valence-corrected chi connectivity index (χ1v) is 6.15. The highest BCUT2D eigenvalue weighted by Gasteiger charge is 2.14. The van der Waals surface area contributed by atoms with Gasteiger partial charge in [0.2, 0.25) is 5.91 Å². The average molecular weight is 290 g/mol. The first kappa shape index (κ1) is 14.7. The van der Waals surface area contributed by atoms with Gasteiger partial charge in [-0.2, -0.15) is 0 Å². The number of nitrogens with one attached hydrogen (secondary N) is 1. The van der Waals surface area contributed by atoms with Crippen molar-refractivity contribution in [1.82, 2.24) is 4.98 Å². The number of nitro benzene ring substituents is 1. The van der Waals surface area contributed by atoms with Gasteiger partial charge < -0.3 is 16.2 Å². The molecule has 0 aliphatic heterocycles. The Balaban J connectivity index is 2.42. The van der Waals surface area contributed by atoms with Crippen molar-refractivity contribution in [3.63, 3.8) is 0 Å². The summed E-state index contributed by atoms with van der Waals surface area (Å²) in [4.78, 5) is 25.5. The summed E-state index contributed by atoms with van der Waals surface area (Å²) in [6, 6.07) is 5.99. The van der Waals surface area contributed by atoms with E-state index >= 15 is 0 Å². The summed E-state index contributed by atoms with van der Waals surface area (Å²) in [6.07, 6.45) is -1.34. The Morgan fingerprint density at radius 1 is 1.52 bits per heavy atom. The Bertz CT molecular complexity index is 717. The normalized spacial score (nSPS) is 12.1. The van der Waals surface area contributed by atoms with Gasteiger partial charge in [-0.3, -0.25) is 19.9 Å². The van der Waals surface area contributed by atoms with Gasteiger partial charge in [0.25, 0.3) is 5.69 Å². The quantitative estimate of drug-likeness (QED) is 0.549. The highest BCUT2D eigenvalue weighted by atomic mass is 16.6. The Morgan fingerprint density at radius 2 is 2.24 bits per heavy atom. The van der Waals surface area contributed by atoms with E-state index in [0.717, 1.165) is 0 Å². The van der Waals surface area contributed by atoms with E-state index < -0.39 is 16.9 Å². The van der Waals surface area contributed by atoms with Crippen LogP contribution < -0.4 is 11.1 Å². The fourth-order valence-electron chi connectivity index (χ4n) is 1.91. The Kier molecular flexibility index (Phi) is 3.99. The van der Waals surface area contributed by atoms with E-state index in [9.17, 15) is 20.0 Å². The van der Waals surface area contributed by atoms with Crippen LogP contribution in [0.25, 0.3) is 10.9 Å². The number of aliphatic hydroxyl groups excluding tert-OH is 1. The van der Waals surface area contributed by atoms with E-state index in [1.54, 1.807) is 19.1 Å². The third kappa shape index (κ3) is 3.23. The van der Waals surface area contributed by atoms with Crippen LogP contribution >= 0.6 is 0 Å². The van der Waals surface area contributed by atoms with E-state index in [1.165, 1.54) is 12.1 Å². The fourth-order valence-corrected chi connectivity index (χ4v) is 1.91. The number of primary amides is 1. The Morgan fingerprint density at radius 3 is 2.86 bits per heavy atom. The number of nitrogens with two attached hydrogens (primary N) is 1. The number of carbonyl (C=O) groups excluding carboxylic acids is 1. The van der Waals surface area contributed by atoms with E-state index in [2.05, 4.69) is 10.3 Å². The molecule has 4 N–H and O–H groups in total. The molecule has 0 aliphatic rings.